The standard InChI is InChI=1S/C16H22N2O5/c1-16(2,3)23-15(19)17-8-7-14(10-17)22-11-12-5-4-6-13(9-12)18(20)21/h4-6,9,14H,7-8,10-11H2,1-3H3. The lowest BCUT2D eigenvalue weighted by atomic mass is 10.2. The summed E-state index contributed by atoms with van der Waals surface area (Å²) in [7, 11) is 0. The molecule has 1 unspecified atom stereocenters. The second-order valence-corrected chi connectivity index (χ2v) is 6.58. The minimum absolute atomic E-state index is 0.0490. The number of nitro benzene ring substituents is 1. The van der Waals surface area contributed by atoms with E-state index in [1.54, 1.807) is 17.0 Å². The molecule has 23 heavy (non-hydrogen) atoms. The molecule has 126 valence electrons. The molecule has 1 fully saturated rings. The molecule has 1 heterocycles. The summed E-state index contributed by atoms with van der Waals surface area (Å²) in [4.78, 5) is 23.9. The van der Waals surface area contributed by atoms with E-state index in [1.807, 2.05) is 20.8 Å². The number of non-ortho nitro benzene ring substituents is 1. The zero-order valence-corrected chi connectivity index (χ0v) is 13.7. The van der Waals surface area contributed by atoms with Crippen LogP contribution in [-0.2, 0) is 16.1 Å². The molecule has 0 bridgehead atoms. The molecule has 1 saturated heterocycles. The van der Waals surface area contributed by atoms with Crippen molar-refractivity contribution in [3.05, 3.63) is 39.9 Å². The monoisotopic (exact) mass is 322 g/mol. The topological polar surface area (TPSA) is 81.9 Å². The Labute approximate surface area is 135 Å². The minimum atomic E-state index is -0.515. The summed E-state index contributed by atoms with van der Waals surface area (Å²) in [5, 5.41) is 10.8. The molecule has 1 aromatic carbocycles. The number of hydrogen-bond donors (Lipinski definition) is 0. The number of carbonyl (C=O) groups is 1. The predicted octanol–water partition coefficient (Wildman–Crippen LogP) is 3.12. The van der Waals surface area contributed by atoms with Crippen molar-refractivity contribution in [2.45, 2.75) is 45.5 Å². The lowest BCUT2D eigenvalue weighted by Gasteiger charge is -2.24. The number of ether oxygens (including phenoxy) is 2. The highest BCUT2D eigenvalue weighted by atomic mass is 16.6. The van der Waals surface area contributed by atoms with Crippen LogP contribution in [0.5, 0.6) is 0 Å². The molecule has 1 aliphatic heterocycles. The largest absolute Gasteiger partial charge is 0.444 e. The van der Waals surface area contributed by atoms with E-state index in [-0.39, 0.29) is 24.5 Å². The quantitative estimate of drug-likeness (QED) is 0.628. The lowest BCUT2D eigenvalue weighted by Crippen LogP contribution is -2.36. The molecule has 7 heteroatoms. The second-order valence-electron chi connectivity index (χ2n) is 6.58. The van der Waals surface area contributed by atoms with E-state index < -0.39 is 10.5 Å². The summed E-state index contributed by atoms with van der Waals surface area (Å²) in [5.74, 6) is 0. The second kappa shape index (κ2) is 6.95. The van der Waals surface area contributed by atoms with Crippen LogP contribution in [-0.4, -0.2) is 40.7 Å². The van der Waals surface area contributed by atoms with E-state index in [9.17, 15) is 14.9 Å². The highest BCUT2D eigenvalue weighted by Gasteiger charge is 2.30. The SMILES string of the molecule is CC(C)(C)OC(=O)N1CCC(OCc2cccc([N+](=O)[O-])c2)C1. The molecule has 0 aromatic heterocycles. The number of carbonyl (C=O) groups excluding carboxylic acids is 1. The van der Waals surface area contributed by atoms with Gasteiger partial charge in [-0.15, -0.1) is 0 Å². The zero-order valence-electron chi connectivity index (χ0n) is 13.7. The van der Waals surface area contributed by atoms with Crippen molar-refractivity contribution in [3.63, 3.8) is 0 Å². The first-order valence-corrected chi connectivity index (χ1v) is 7.57. The van der Waals surface area contributed by atoms with E-state index in [0.717, 1.165) is 12.0 Å². The van der Waals surface area contributed by atoms with Crippen molar-refractivity contribution in [2.24, 2.45) is 0 Å². The van der Waals surface area contributed by atoms with Crippen LogP contribution < -0.4 is 0 Å². The molecule has 2 rings (SSSR count). The van der Waals surface area contributed by atoms with Gasteiger partial charge < -0.3 is 14.4 Å². The van der Waals surface area contributed by atoms with Crippen LogP contribution in [0.4, 0.5) is 10.5 Å². The van der Waals surface area contributed by atoms with Gasteiger partial charge in [0, 0.05) is 18.7 Å². The molecule has 1 amide bonds. The van der Waals surface area contributed by atoms with Gasteiger partial charge in [0.25, 0.3) is 5.69 Å². The highest BCUT2D eigenvalue weighted by Crippen LogP contribution is 2.19. The Morgan fingerprint density at radius 2 is 2.17 bits per heavy atom. The van der Waals surface area contributed by atoms with Crippen molar-refractivity contribution in [2.75, 3.05) is 13.1 Å². The van der Waals surface area contributed by atoms with E-state index in [0.29, 0.717) is 13.1 Å². The summed E-state index contributed by atoms with van der Waals surface area (Å²) in [6, 6.07) is 6.37. The van der Waals surface area contributed by atoms with E-state index in [2.05, 4.69) is 0 Å². The average Bonchev–Trinajstić information content (AvgIpc) is 2.92. The van der Waals surface area contributed by atoms with Crippen LogP contribution >= 0.6 is 0 Å². The molecule has 0 radical (unpaired) electrons. The lowest BCUT2D eigenvalue weighted by molar-refractivity contribution is -0.385. The van der Waals surface area contributed by atoms with Gasteiger partial charge in [0.1, 0.15) is 5.60 Å². The third-order valence-corrected chi connectivity index (χ3v) is 3.40. The van der Waals surface area contributed by atoms with Crippen LogP contribution in [0.2, 0.25) is 0 Å². The highest BCUT2D eigenvalue weighted by molar-refractivity contribution is 5.68. The van der Waals surface area contributed by atoms with Crippen molar-refractivity contribution in [1.29, 1.82) is 0 Å². The summed E-state index contributed by atoms with van der Waals surface area (Å²) < 4.78 is 11.1. The molecule has 7 nitrogen and oxygen atoms in total. The fourth-order valence-corrected chi connectivity index (χ4v) is 2.33. The number of hydrogen-bond acceptors (Lipinski definition) is 5. The maximum absolute atomic E-state index is 12.0. The van der Waals surface area contributed by atoms with Crippen LogP contribution in [0, 0.1) is 10.1 Å². The Balaban J connectivity index is 1.83. The smallest absolute Gasteiger partial charge is 0.410 e. The summed E-state index contributed by atoms with van der Waals surface area (Å²) in [5.41, 5.74) is 0.279. The van der Waals surface area contributed by atoms with Gasteiger partial charge in [-0.25, -0.2) is 4.79 Å². The van der Waals surface area contributed by atoms with Crippen molar-refractivity contribution in [1.82, 2.24) is 4.90 Å². The van der Waals surface area contributed by atoms with Crippen LogP contribution in [0.15, 0.2) is 24.3 Å². The summed E-state index contributed by atoms with van der Waals surface area (Å²) in [6.07, 6.45) is 0.314. The molecule has 0 spiro atoms. The first-order valence-electron chi connectivity index (χ1n) is 7.57. The fourth-order valence-electron chi connectivity index (χ4n) is 2.33. The first-order chi connectivity index (χ1) is 10.7. The van der Waals surface area contributed by atoms with Gasteiger partial charge in [0.15, 0.2) is 0 Å². The summed E-state index contributed by atoms with van der Waals surface area (Å²) in [6.45, 7) is 6.85. The van der Waals surface area contributed by atoms with Gasteiger partial charge in [-0.2, -0.15) is 0 Å². The first kappa shape index (κ1) is 17.2. The number of amides is 1. The Morgan fingerprint density at radius 1 is 1.43 bits per heavy atom. The Morgan fingerprint density at radius 3 is 2.83 bits per heavy atom. The summed E-state index contributed by atoms with van der Waals surface area (Å²) >= 11 is 0. The van der Waals surface area contributed by atoms with Crippen molar-refractivity contribution in [3.8, 4) is 0 Å². The van der Waals surface area contributed by atoms with Crippen LogP contribution in [0.3, 0.4) is 0 Å². The minimum Gasteiger partial charge on any atom is -0.444 e. The van der Waals surface area contributed by atoms with E-state index >= 15 is 0 Å². The van der Waals surface area contributed by atoms with Gasteiger partial charge >= 0.3 is 6.09 Å². The number of rotatable bonds is 4. The van der Waals surface area contributed by atoms with Crippen molar-refractivity contribution >= 4 is 11.8 Å². The molecule has 0 N–H and O–H groups in total. The van der Waals surface area contributed by atoms with Gasteiger partial charge in [-0.1, -0.05) is 12.1 Å². The molecule has 1 aromatic rings. The predicted molar refractivity (Wildman–Crippen MR) is 84.1 cm³/mol. The zero-order chi connectivity index (χ0) is 17.0. The van der Waals surface area contributed by atoms with Gasteiger partial charge in [-0.3, -0.25) is 10.1 Å². The van der Waals surface area contributed by atoms with Crippen LogP contribution in [0.25, 0.3) is 0 Å². The maximum Gasteiger partial charge on any atom is 0.410 e. The Hall–Kier alpha value is -2.15. The number of nitro groups is 1. The third kappa shape index (κ3) is 5.21. The molecule has 0 saturated carbocycles. The van der Waals surface area contributed by atoms with E-state index in [4.69, 9.17) is 9.47 Å². The molecule has 1 aliphatic rings. The van der Waals surface area contributed by atoms with Gasteiger partial charge in [-0.05, 0) is 32.8 Å². The normalized spacial score (nSPS) is 18.0. The fraction of sp³-hybridized carbons (Fsp3) is 0.562. The molecular formula is C16H22N2O5. The van der Waals surface area contributed by atoms with Crippen molar-refractivity contribution < 1.29 is 19.2 Å². The number of nitrogens with zero attached hydrogens (tertiary/aromatic N) is 2. The number of likely N-dealkylation sites (tertiary alicyclic amines) is 1. The molecule has 0 aliphatic carbocycles. The average molecular weight is 322 g/mol. The Kier molecular flexibility index (Phi) is 5.20. The van der Waals surface area contributed by atoms with Gasteiger partial charge in [0.05, 0.1) is 24.2 Å². The van der Waals surface area contributed by atoms with Crippen LogP contribution in [0.1, 0.15) is 32.8 Å². The molecule has 1 atom stereocenters. The maximum atomic E-state index is 12.0. The van der Waals surface area contributed by atoms with Gasteiger partial charge in [0.2, 0.25) is 0 Å². The molecular weight excluding hydrogens is 300 g/mol. The third-order valence-electron chi connectivity index (χ3n) is 3.40. The Bertz CT molecular complexity index is 582. The number of benzene rings is 1. The van der Waals surface area contributed by atoms with E-state index in [1.165, 1.54) is 12.1 Å².